The number of hydrogen-bond acceptors (Lipinski definition) is 6. The molecular weight excluding hydrogens is 973 g/mol. The molecule has 1 atom stereocenters. The van der Waals surface area contributed by atoms with Crippen LogP contribution in [-0.2, 0) is 28.6 Å². The minimum atomic E-state index is -0.812. The molecule has 0 aliphatic heterocycles. The molecule has 0 N–H and O–H groups in total. The van der Waals surface area contributed by atoms with Gasteiger partial charge in [-0.1, -0.05) is 262 Å². The zero-order valence-corrected chi connectivity index (χ0v) is 50.8. The quantitative estimate of drug-likeness (QED) is 0.0261. The Bertz CT molecular complexity index is 1780. The van der Waals surface area contributed by atoms with E-state index in [0.29, 0.717) is 25.7 Å². The Hall–Kier alpha value is -4.97. The zero-order valence-electron chi connectivity index (χ0n) is 50.8. The lowest BCUT2D eigenvalue weighted by atomic mass is 10.1. The van der Waals surface area contributed by atoms with E-state index in [4.69, 9.17) is 14.2 Å². The minimum Gasteiger partial charge on any atom is -0.462 e. The maximum Gasteiger partial charge on any atom is 0.306 e. The van der Waals surface area contributed by atoms with Crippen LogP contribution in [0, 0.1) is 0 Å². The number of hydrogen-bond donors (Lipinski definition) is 0. The number of carbonyl (C=O) groups is 3. The molecule has 0 aliphatic rings. The molecule has 0 aromatic heterocycles. The summed E-state index contributed by atoms with van der Waals surface area (Å²) >= 11 is 0. The van der Waals surface area contributed by atoms with Crippen molar-refractivity contribution in [3.8, 4) is 0 Å². The van der Waals surface area contributed by atoms with Crippen molar-refractivity contribution in [1.29, 1.82) is 0 Å². The molecule has 0 heterocycles. The van der Waals surface area contributed by atoms with E-state index >= 15 is 0 Å². The molecule has 0 rings (SSSR count). The maximum atomic E-state index is 12.9. The number of ether oxygens (including phenoxy) is 3. The molecule has 6 heteroatoms. The number of carbonyl (C=O) groups excluding carboxylic acids is 3. The molecule has 0 fully saturated rings. The molecule has 6 nitrogen and oxygen atoms in total. The predicted molar refractivity (Wildman–Crippen MR) is 343 cm³/mol. The summed E-state index contributed by atoms with van der Waals surface area (Å²) in [7, 11) is 0. The molecule has 0 amide bonds. The van der Waals surface area contributed by atoms with Crippen molar-refractivity contribution < 1.29 is 28.6 Å². The lowest BCUT2D eigenvalue weighted by Crippen LogP contribution is -2.30. The van der Waals surface area contributed by atoms with E-state index < -0.39 is 6.10 Å². The molecule has 0 bridgehead atoms. The molecule has 0 aromatic carbocycles. The number of esters is 3. The molecular formula is C73H116O6. The monoisotopic (exact) mass is 1090 g/mol. The van der Waals surface area contributed by atoms with Gasteiger partial charge in [0.15, 0.2) is 6.10 Å². The Morgan fingerprint density at radius 2 is 0.456 bits per heavy atom. The van der Waals surface area contributed by atoms with Crippen LogP contribution in [0.4, 0.5) is 0 Å². The highest BCUT2D eigenvalue weighted by Gasteiger charge is 2.19. The van der Waals surface area contributed by atoms with Gasteiger partial charge in [0.25, 0.3) is 0 Å². The van der Waals surface area contributed by atoms with Gasteiger partial charge in [0.1, 0.15) is 13.2 Å². The normalized spacial score (nSPS) is 13.2. The first kappa shape index (κ1) is 74.0. The average Bonchev–Trinajstić information content (AvgIpc) is 3.45. The number of unbranched alkanes of at least 4 members (excludes halogenated alkanes) is 19. The Labute approximate surface area is 486 Å². The van der Waals surface area contributed by atoms with E-state index in [-0.39, 0.29) is 31.1 Å². The summed E-state index contributed by atoms with van der Waals surface area (Å²) in [6, 6.07) is 0. The van der Waals surface area contributed by atoms with Crippen LogP contribution in [0.3, 0.4) is 0 Å². The van der Waals surface area contributed by atoms with E-state index in [9.17, 15) is 14.4 Å². The van der Waals surface area contributed by atoms with Gasteiger partial charge in [0, 0.05) is 19.3 Å². The van der Waals surface area contributed by atoms with Crippen LogP contribution in [0.2, 0.25) is 0 Å². The second-order valence-electron chi connectivity index (χ2n) is 20.5. The molecule has 0 radical (unpaired) electrons. The first-order chi connectivity index (χ1) is 39.0. The SMILES string of the molecule is CC/C=C\C/C=C\C/C=C\C/C=C\C/C=C\CCCCCCCCCCCC(=O)OCC(COC(=O)CCCC/C=C\C/C=C\C/C=C\C/C=C\CC)OC(=O)CCCCCCCCCC/C=C\C/C=C\C/C=C\C/C=C\CC. The van der Waals surface area contributed by atoms with Crippen molar-refractivity contribution in [2.24, 2.45) is 0 Å². The van der Waals surface area contributed by atoms with E-state index in [1.807, 2.05) is 0 Å². The van der Waals surface area contributed by atoms with E-state index in [1.165, 1.54) is 70.6 Å². The van der Waals surface area contributed by atoms with E-state index in [1.54, 1.807) is 0 Å². The van der Waals surface area contributed by atoms with Gasteiger partial charge in [-0.15, -0.1) is 0 Å². The highest BCUT2D eigenvalue weighted by Crippen LogP contribution is 2.15. The fourth-order valence-electron chi connectivity index (χ4n) is 8.33. The van der Waals surface area contributed by atoms with Crippen LogP contribution in [0.15, 0.2) is 158 Å². The van der Waals surface area contributed by atoms with Gasteiger partial charge in [-0.25, -0.2) is 0 Å². The van der Waals surface area contributed by atoms with Crippen LogP contribution in [0.5, 0.6) is 0 Å². The number of rotatable bonds is 56. The first-order valence-electron chi connectivity index (χ1n) is 32.0. The van der Waals surface area contributed by atoms with Gasteiger partial charge < -0.3 is 14.2 Å². The van der Waals surface area contributed by atoms with Crippen molar-refractivity contribution in [1.82, 2.24) is 0 Å². The van der Waals surface area contributed by atoms with Gasteiger partial charge in [-0.05, 0) is 141 Å². The minimum absolute atomic E-state index is 0.104. The Morgan fingerprint density at radius 1 is 0.253 bits per heavy atom. The van der Waals surface area contributed by atoms with Crippen LogP contribution < -0.4 is 0 Å². The van der Waals surface area contributed by atoms with Crippen molar-refractivity contribution >= 4 is 17.9 Å². The van der Waals surface area contributed by atoms with Gasteiger partial charge >= 0.3 is 17.9 Å². The largest absolute Gasteiger partial charge is 0.462 e. The van der Waals surface area contributed by atoms with Gasteiger partial charge in [0.2, 0.25) is 0 Å². The Balaban J connectivity index is 4.44. The molecule has 0 saturated heterocycles. The van der Waals surface area contributed by atoms with Crippen LogP contribution >= 0.6 is 0 Å². The molecule has 79 heavy (non-hydrogen) atoms. The van der Waals surface area contributed by atoms with Gasteiger partial charge in [-0.3, -0.25) is 14.4 Å². The second kappa shape index (κ2) is 65.5. The number of allylic oxidation sites excluding steroid dienone is 26. The smallest absolute Gasteiger partial charge is 0.306 e. The van der Waals surface area contributed by atoms with E-state index in [0.717, 1.165) is 148 Å². The van der Waals surface area contributed by atoms with Crippen molar-refractivity contribution in [3.05, 3.63) is 158 Å². The molecule has 0 aliphatic carbocycles. The highest BCUT2D eigenvalue weighted by molar-refractivity contribution is 5.71. The topological polar surface area (TPSA) is 78.9 Å². The second-order valence-corrected chi connectivity index (χ2v) is 20.5. The van der Waals surface area contributed by atoms with Crippen LogP contribution in [0.1, 0.15) is 265 Å². The third-order valence-electron chi connectivity index (χ3n) is 13.0. The summed E-state index contributed by atoms with van der Waals surface area (Å²) in [6.07, 6.45) is 95.3. The summed E-state index contributed by atoms with van der Waals surface area (Å²) < 4.78 is 16.9. The van der Waals surface area contributed by atoms with Crippen LogP contribution in [-0.4, -0.2) is 37.2 Å². The third kappa shape index (κ3) is 63.7. The summed E-state index contributed by atoms with van der Waals surface area (Å²) in [5, 5.41) is 0. The van der Waals surface area contributed by atoms with Gasteiger partial charge in [-0.2, -0.15) is 0 Å². The summed E-state index contributed by atoms with van der Waals surface area (Å²) in [5.41, 5.74) is 0. The standard InChI is InChI=1S/C73H116O6/c1-4-7-10-13-16-19-22-25-28-30-32-34-35-36-37-39-40-42-45-48-51-54-57-60-63-66-72(75)78-69-70(68-77-71(74)65-62-59-56-53-50-47-44-27-24-21-18-15-12-9-6-3)79-73(76)67-64-61-58-55-52-49-46-43-41-38-33-31-29-26-23-20-17-14-11-8-5-2/h7-12,16-21,25-29,32-34,36-38,44,50,53,70H,4-6,13-15,22-24,30-31,35,39-43,45-49,51-52,54-69H2,1-3H3/b10-7-,11-8-,12-9-,19-16-,20-17-,21-18-,28-25-,29-26-,34-32-,37-36-,38-33-,44-27-,53-50-. The summed E-state index contributed by atoms with van der Waals surface area (Å²) in [4.78, 5) is 38.3. The lowest BCUT2D eigenvalue weighted by molar-refractivity contribution is -0.167. The molecule has 444 valence electrons. The summed E-state index contributed by atoms with van der Waals surface area (Å²) in [5.74, 6) is -0.963. The van der Waals surface area contributed by atoms with Crippen LogP contribution in [0.25, 0.3) is 0 Å². The fourth-order valence-corrected chi connectivity index (χ4v) is 8.33. The highest BCUT2D eigenvalue weighted by atomic mass is 16.6. The molecule has 1 unspecified atom stereocenters. The molecule has 0 saturated carbocycles. The summed E-state index contributed by atoms with van der Waals surface area (Å²) in [6.45, 7) is 6.25. The fraction of sp³-hybridized carbons (Fsp3) is 0.603. The molecule has 0 aromatic rings. The maximum absolute atomic E-state index is 12.9. The predicted octanol–water partition coefficient (Wildman–Crippen LogP) is 22.1. The zero-order chi connectivity index (χ0) is 57.1. The third-order valence-corrected chi connectivity index (χ3v) is 13.0. The van der Waals surface area contributed by atoms with E-state index in [2.05, 4.69) is 179 Å². The van der Waals surface area contributed by atoms with Crippen molar-refractivity contribution in [2.75, 3.05) is 13.2 Å². The Kier molecular flexibility index (Phi) is 61.4. The Morgan fingerprint density at radius 3 is 0.734 bits per heavy atom. The first-order valence-corrected chi connectivity index (χ1v) is 32.0. The van der Waals surface area contributed by atoms with Gasteiger partial charge in [0.05, 0.1) is 0 Å². The molecule has 0 spiro atoms. The van der Waals surface area contributed by atoms with Crippen molar-refractivity contribution in [3.63, 3.8) is 0 Å². The average molecular weight is 1090 g/mol. The van der Waals surface area contributed by atoms with Crippen molar-refractivity contribution in [2.45, 2.75) is 271 Å². The lowest BCUT2D eigenvalue weighted by Gasteiger charge is -2.18.